The van der Waals surface area contributed by atoms with Crippen molar-refractivity contribution in [1.82, 2.24) is 0 Å². The van der Waals surface area contributed by atoms with Crippen molar-refractivity contribution in [2.45, 2.75) is 13.0 Å². The summed E-state index contributed by atoms with van der Waals surface area (Å²) in [5.41, 5.74) is 8.49. The number of benzene rings is 1. The molecular weight excluding hydrogens is 165 g/mol. The molecule has 1 aromatic carbocycles. The van der Waals surface area contributed by atoms with Crippen LogP contribution in [0.15, 0.2) is 18.2 Å². The first-order valence-electron chi connectivity index (χ1n) is 4.37. The number of hydrogen-bond donors (Lipinski definition) is 2. The van der Waals surface area contributed by atoms with Crippen LogP contribution < -0.4 is 11.2 Å². The second-order valence-electron chi connectivity index (χ2n) is 3.29. The Balaban J connectivity index is 2.51. The fourth-order valence-corrected chi connectivity index (χ4v) is 1.80. The van der Waals surface area contributed by atoms with E-state index in [-0.39, 0.29) is 6.10 Å². The summed E-state index contributed by atoms with van der Waals surface area (Å²) in [6.07, 6.45) is -0.148. The molecule has 4 heteroatoms. The highest BCUT2D eigenvalue weighted by molar-refractivity contribution is 6.62. The van der Waals surface area contributed by atoms with E-state index in [0.29, 0.717) is 6.54 Å². The Hall–Kier alpha value is -0.835. The van der Waals surface area contributed by atoms with Crippen molar-refractivity contribution in [3.05, 3.63) is 29.3 Å². The summed E-state index contributed by atoms with van der Waals surface area (Å²) in [6.45, 7) is 2.37. The van der Waals surface area contributed by atoms with Crippen LogP contribution in [0.1, 0.15) is 17.2 Å². The summed E-state index contributed by atoms with van der Waals surface area (Å²) in [7, 11) is -0.801. The van der Waals surface area contributed by atoms with Crippen LogP contribution in [0.5, 0.6) is 0 Å². The lowest BCUT2D eigenvalue weighted by Gasteiger charge is -2.07. The van der Waals surface area contributed by atoms with Gasteiger partial charge in [0.1, 0.15) is 0 Å². The molecule has 3 nitrogen and oxygen atoms in total. The average molecular weight is 177 g/mol. The molecular formula is C9H12BNO2. The van der Waals surface area contributed by atoms with E-state index in [2.05, 4.69) is 0 Å². The number of hydrogen-bond acceptors (Lipinski definition) is 3. The van der Waals surface area contributed by atoms with Crippen molar-refractivity contribution in [2.75, 3.05) is 6.54 Å². The highest BCUT2D eigenvalue weighted by Gasteiger charge is 2.35. The van der Waals surface area contributed by atoms with E-state index in [1.165, 1.54) is 0 Å². The molecule has 0 aromatic heterocycles. The summed E-state index contributed by atoms with van der Waals surface area (Å²) in [5.74, 6) is 0. The minimum atomic E-state index is -0.801. The maximum Gasteiger partial charge on any atom is 0.492 e. The van der Waals surface area contributed by atoms with Gasteiger partial charge < -0.3 is 15.4 Å². The smallest absolute Gasteiger partial charge is 0.423 e. The average Bonchev–Trinajstić information content (AvgIpc) is 2.44. The van der Waals surface area contributed by atoms with Crippen LogP contribution >= 0.6 is 0 Å². The molecule has 0 amide bonds. The zero-order valence-corrected chi connectivity index (χ0v) is 7.53. The third-order valence-corrected chi connectivity index (χ3v) is 2.46. The van der Waals surface area contributed by atoms with E-state index in [1.54, 1.807) is 0 Å². The molecule has 2 rings (SSSR count). The number of nitrogens with two attached hydrogens (primary N) is 1. The van der Waals surface area contributed by atoms with Gasteiger partial charge in [-0.3, -0.25) is 0 Å². The summed E-state index contributed by atoms with van der Waals surface area (Å²) in [5, 5.41) is 9.59. The number of rotatable bonds is 1. The van der Waals surface area contributed by atoms with Crippen LogP contribution in [0, 0.1) is 6.92 Å². The van der Waals surface area contributed by atoms with Gasteiger partial charge in [0.05, 0.1) is 6.10 Å². The van der Waals surface area contributed by atoms with Gasteiger partial charge in [0.25, 0.3) is 0 Å². The van der Waals surface area contributed by atoms with Gasteiger partial charge in [-0.25, -0.2) is 0 Å². The maximum atomic E-state index is 9.59. The van der Waals surface area contributed by atoms with Crippen molar-refractivity contribution in [3.63, 3.8) is 0 Å². The van der Waals surface area contributed by atoms with Gasteiger partial charge in [-0.2, -0.15) is 0 Å². The first-order valence-corrected chi connectivity index (χ1v) is 4.37. The van der Waals surface area contributed by atoms with Crippen LogP contribution in [-0.4, -0.2) is 18.7 Å². The van der Waals surface area contributed by atoms with Gasteiger partial charge in [-0.1, -0.05) is 23.8 Å². The van der Waals surface area contributed by atoms with E-state index < -0.39 is 7.12 Å². The molecule has 1 unspecified atom stereocenters. The lowest BCUT2D eigenvalue weighted by molar-refractivity contribution is 0.198. The Labute approximate surface area is 77.7 Å². The molecule has 0 radical (unpaired) electrons. The third kappa shape index (κ3) is 1.27. The topological polar surface area (TPSA) is 55.5 Å². The summed E-state index contributed by atoms with van der Waals surface area (Å²) < 4.78 is 5.29. The van der Waals surface area contributed by atoms with E-state index in [1.807, 2.05) is 25.1 Å². The lowest BCUT2D eigenvalue weighted by atomic mass is 9.76. The van der Waals surface area contributed by atoms with Gasteiger partial charge in [0, 0.05) is 6.54 Å². The van der Waals surface area contributed by atoms with Gasteiger partial charge in [0.2, 0.25) is 0 Å². The normalized spacial score (nSPS) is 20.5. The van der Waals surface area contributed by atoms with Crippen molar-refractivity contribution in [1.29, 1.82) is 0 Å². The highest BCUT2D eigenvalue weighted by Crippen LogP contribution is 2.23. The highest BCUT2D eigenvalue weighted by atomic mass is 16.5. The second kappa shape index (κ2) is 3.14. The molecule has 13 heavy (non-hydrogen) atoms. The minimum Gasteiger partial charge on any atom is -0.423 e. The molecule has 0 spiro atoms. The Morgan fingerprint density at radius 3 is 3.08 bits per heavy atom. The Morgan fingerprint density at radius 2 is 2.38 bits per heavy atom. The molecule has 68 valence electrons. The Morgan fingerprint density at radius 1 is 1.62 bits per heavy atom. The fourth-order valence-electron chi connectivity index (χ4n) is 1.80. The molecule has 1 aromatic rings. The predicted molar refractivity (Wildman–Crippen MR) is 51.7 cm³/mol. The monoisotopic (exact) mass is 177 g/mol. The third-order valence-electron chi connectivity index (χ3n) is 2.46. The molecule has 0 fully saturated rings. The zero-order chi connectivity index (χ0) is 9.42. The lowest BCUT2D eigenvalue weighted by Crippen LogP contribution is -2.30. The molecule has 3 N–H and O–H groups in total. The summed E-state index contributed by atoms with van der Waals surface area (Å²) in [4.78, 5) is 0. The van der Waals surface area contributed by atoms with Gasteiger partial charge in [0.15, 0.2) is 0 Å². The van der Waals surface area contributed by atoms with Gasteiger partial charge in [-0.05, 0) is 17.9 Å². The molecule has 1 heterocycles. The molecule has 1 atom stereocenters. The quantitative estimate of drug-likeness (QED) is 0.579. The van der Waals surface area contributed by atoms with Crippen molar-refractivity contribution >= 4 is 12.6 Å². The standard InChI is InChI=1S/C9H12BNO2/c1-6-3-2-4-7-8(5-11)13-10(12)9(6)7/h2-4,8,12H,5,11H2,1H3. The summed E-state index contributed by atoms with van der Waals surface area (Å²) in [6, 6.07) is 5.87. The van der Waals surface area contributed by atoms with Crippen LogP contribution in [0.4, 0.5) is 0 Å². The van der Waals surface area contributed by atoms with Crippen molar-refractivity contribution < 1.29 is 9.68 Å². The second-order valence-corrected chi connectivity index (χ2v) is 3.29. The van der Waals surface area contributed by atoms with E-state index in [0.717, 1.165) is 16.6 Å². The number of fused-ring (bicyclic) bond motifs is 1. The maximum absolute atomic E-state index is 9.59. The van der Waals surface area contributed by atoms with Crippen LogP contribution in [0.3, 0.4) is 0 Å². The molecule has 1 aliphatic rings. The predicted octanol–water partition coefficient (Wildman–Crippen LogP) is -0.287. The van der Waals surface area contributed by atoms with Crippen LogP contribution in [0.2, 0.25) is 0 Å². The molecule has 0 saturated carbocycles. The van der Waals surface area contributed by atoms with Crippen LogP contribution in [-0.2, 0) is 4.65 Å². The van der Waals surface area contributed by atoms with E-state index in [4.69, 9.17) is 10.4 Å². The van der Waals surface area contributed by atoms with Crippen molar-refractivity contribution in [2.24, 2.45) is 5.73 Å². The summed E-state index contributed by atoms with van der Waals surface area (Å²) >= 11 is 0. The van der Waals surface area contributed by atoms with Crippen LogP contribution in [0.25, 0.3) is 0 Å². The molecule has 0 bridgehead atoms. The SMILES string of the molecule is Cc1cccc2c1B(O)OC2CN. The number of aryl methyl sites for hydroxylation is 1. The molecule has 1 aliphatic heterocycles. The molecule has 0 aliphatic carbocycles. The first kappa shape index (κ1) is 8.75. The van der Waals surface area contributed by atoms with E-state index in [9.17, 15) is 5.02 Å². The van der Waals surface area contributed by atoms with Gasteiger partial charge in [-0.15, -0.1) is 0 Å². The zero-order valence-electron chi connectivity index (χ0n) is 7.53. The Bertz CT molecular complexity index is 329. The largest absolute Gasteiger partial charge is 0.492 e. The minimum absolute atomic E-state index is 0.148. The first-order chi connectivity index (χ1) is 6.24. The Kier molecular flexibility index (Phi) is 2.11. The van der Waals surface area contributed by atoms with Gasteiger partial charge >= 0.3 is 7.12 Å². The molecule has 0 saturated heterocycles. The van der Waals surface area contributed by atoms with E-state index >= 15 is 0 Å². The fraction of sp³-hybridized carbons (Fsp3) is 0.333. The van der Waals surface area contributed by atoms with Crippen molar-refractivity contribution in [3.8, 4) is 0 Å².